The minimum atomic E-state index is -3.13. The van der Waals surface area contributed by atoms with Crippen molar-refractivity contribution in [2.45, 2.75) is 19.0 Å². The topological polar surface area (TPSA) is 63.7 Å². The molecule has 2 aromatic rings. The average molecular weight is 428 g/mol. The zero-order valence-electron chi connectivity index (χ0n) is 14.5. The number of halogens is 2. The van der Waals surface area contributed by atoms with Crippen molar-refractivity contribution in [3.8, 4) is 5.75 Å². The number of sulfone groups is 1. The van der Waals surface area contributed by atoms with Crippen LogP contribution in [0.1, 0.15) is 12.0 Å². The van der Waals surface area contributed by atoms with Gasteiger partial charge in [0.25, 0.3) is 5.91 Å². The Morgan fingerprint density at radius 1 is 1.15 bits per heavy atom. The number of rotatable bonds is 6. The molecule has 0 radical (unpaired) electrons. The van der Waals surface area contributed by atoms with Gasteiger partial charge in [0, 0.05) is 17.6 Å². The van der Waals surface area contributed by atoms with Gasteiger partial charge in [-0.1, -0.05) is 47.5 Å². The summed E-state index contributed by atoms with van der Waals surface area (Å²) < 4.78 is 29.3. The minimum Gasteiger partial charge on any atom is -0.482 e. The largest absolute Gasteiger partial charge is 0.482 e. The molecule has 1 amide bonds. The number of amides is 1. The van der Waals surface area contributed by atoms with E-state index in [0.717, 1.165) is 5.56 Å². The van der Waals surface area contributed by atoms with Gasteiger partial charge in [-0.2, -0.15) is 0 Å². The van der Waals surface area contributed by atoms with E-state index in [1.54, 1.807) is 47.4 Å². The molecule has 1 aliphatic rings. The highest BCUT2D eigenvalue weighted by atomic mass is 35.5. The van der Waals surface area contributed by atoms with E-state index >= 15 is 0 Å². The third kappa shape index (κ3) is 5.37. The molecule has 0 aromatic heterocycles. The number of carbonyl (C=O) groups is 1. The van der Waals surface area contributed by atoms with Gasteiger partial charge in [0.1, 0.15) is 5.75 Å². The van der Waals surface area contributed by atoms with E-state index < -0.39 is 9.84 Å². The van der Waals surface area contributed by atoms with Gasteiger partial charge in [0.15, 0.2) is 16.4 Å². The Labute approximate surface area is 168 Å². The van der Waals surface area contributed by atoms with Crippen molar-refractivity contribution in [2.24, 2.45) is 0 Å². The quantitative estimate of drug-likeness (QED) is 0.706. The molecular weight excluding hydrogens is 409 g/mol. The molecular formula is C19H19Cl2NO4S. The molecule has 1 aliphatic heterocycles. The number of hydrogen-bond acceptors (Lipinski definition) is 4. The first-order valence-corrected chi connectivity index (χ1v) is 11.0. The normalized spacial score (nSPS) is 18.2. The van der Waals surface area contributed by atoms with Gasteiger partial charge < -0.3 is 9.64 Å². The van der Waals surface area contributed by atoms with Crippen molar-refractivity contribution >= 4 is 38.9 Å². The van der Waals surface area contributed by atoms with Crippen LogP contribution in [0.3, 0.4) is 0 Å². The van der Waals surface area contributed by atoms with Crippen LogP contribution in [0.4, 0.5) is 0 Å². The Bertz CT molecular complexity index is 933. The molecule has 0 aliphatic carbocycles. The van der Waals surface area contributed by atoms with E-state index in [2.05, 4.69) is 0 Å². The first-order valence-electron chi connectivity index (χ1n) is 8.46. The summed E-state index contributed by atoms with van der Waals surface area (Å²) in [4.78, 5) is 14.4. The van der Waals surface area contributed by atoms with Crippen molar-refractivity contribution in [3.05, 3.63) is 64.1 Å². The van der Waals surface area contributed by atoms with Crippen LogP contribution in [0.15, 0.2) is 48.5 Å². The van der Waals surface area contributed by atoms with E-state index in [4.69, 9.17) is 27.9 Å². The van der Waals surface area contributed by atoms with Crippen LogP contribution in [-0.4, -0.2) is 43.4 Å². The Morgan fingerprint density at radius 2 is 1.93 bits per heavy atom. The summed E-state index contributed by atoms with van der Waals surface area (Å²) in [6.45, 7) is 0.0479. The first-order chi connectivity index (χ1) is 12.8. The SMILES string of the molecule is O=C(COc1ccccc1Cl)N(Cc1cccc(Cl)c1)C1CCS(=O)(=O)C1. The maximum atomic E-state index is 12.8. The highest BCUT2D eigenvalue weighted by Crippen LogP contribution is 2.25. The lowest BCUT2D eigenvalue weighted by Crippen LogP contribution is -2.43. The lowest BCUT2D eigenvalue weighted by Gasteiger charge is -2.28. The zero-order valence-corrected chi connectivity index (χ0v) is 16.8. The number of hydrogen-bond donors (Lipinski definition) is 0. The van der Waals surface area contributed by atoms with Crippen molar-refractivity contribution in [1.29, 1.82) is 0 Å². The van der Waals surface area contributed by atoms with Gasteiger partial charge in [-0.25, -0.2) is 8.42 Å². The van der Waals surface area contributed by atoms with E-state index in [0.29, 0.717) is 22.2 Å². The molecule has 1 atom stereocenters. The second-order valence-electron chi connectivity index (χ2n) is 6.43. The lowest BCUT2D eigenvalue weighted by molar-refractivity contribution is -0.136. The van der Waals surface area contributed by atoms with Gasteiger partial charge >= 0.3 is 0 Å². The molecule has 0 saturated carbocycles. The predicted molar refractivity (Wildman–Crippen MR) is 106 cm³/mol. The Hall–Kier alpha value is -1.76. The highest BCUT2D eigenvalue weighted by molar-refractivity contribution is 7.91. The summed E-state index contributed by atoms with van der Waals surface area (Å²) in [5, 5.41) is 0.974. The fraction of sp³-hybridized carbons (Fsp3) is 0.316. The monoisotopic (exact) mass is 427 g/mol. The number of nitrogens with zero attached hydrogens (tertiary/aromatic N) is 1. The minimum absolute atomic E-state index is 0.0363. The molecule has 1 heterocycles. The summed E-state index contributed by atoms with van der Waals surface area (Å²) in [7, 11) is -3.13. The fourth-order valence-corrected chi connectivity index (χ4v) is 5.19. The van der Waals surface area contributed by atoms with Crippen LogP contribution in [0.5, 0.6) is 5.75 Å². The van der Waals surface area contributed by atoms with Crippen LogP contribution < -0.4 is 4.74 Å². The molecule has 3 rings (SSSR count). The molecule has 2 aromatic carbocycles. The van der Waals surface area contributed by atoms with Crippen molar-refractivity contribution in [2.75, 3.05) is 18.1 Å². The third-order valence-electron chi connectivity index (χ3n) is 4.40. The van der Waals surface area contributed by atoms with Gasteiger partial charge in [-0.15, -0.1) is 0 Å². The molecule has 8 heteroatoms. The lowest BCUT2D eigenvalue weighted by atomic mass is 10.1. The zero-order chi connectivity index (χ0) is 19.4. The maximum Gasteiger partial charge on any atom is 0.261 e. The van der Waals surface area contributed by atoms with Crippen molar-refractivity contribution in [1.82, 2.24) is 4.90 Å². The summed E-state index contributed by atoms with van der Waals surface area (Å²) >= 11 is 12.1. The molecule has 1 unspecified atom stereocenters. The third-order valence-corrected chi connectivity index (χ3v) is 6.70. The highest BCUT2D eigenvalue weighted by Gasteiger charge is 2.34. The number of benzene rings is 2. The van der Waals surface area contributed by atoms with Crippen LogP contribution >= 0.6 is 23.2 Å². The van der Waals surface area contributed by atoms with Crippen molar-refractivity contribution < 1.29 is 17.9 Å². The van der Waals surface area contributed by atoms with E-state index in [-0.39, 0.29) is 36.6 Å². The molecule has 1 fully saturated rings. The summed E-state index contributed by atoms with van der Waals surface area (Å²) in [5.41, 5.74) is 0.831. The van der Waals surface area contributed by atoms with E-state index in [9.17, 15) is 13.2 Å². The molecule has 0 bridgehead atoms. The fourth-order valence-electron chi connectivity index (χ4n) is 3.06. The van der Waals surface area contributed by atoms with Crippen LogP contribution in [-0.2, 0) is 21.2 Å². The smallest absolute Gasteiger partial charge is 0.261 e. The molecule has 5 nitrogen and oxygen atoms in total. The van der Waals surface area contributed by atoms with Crippen LogP contribution in [0, 0.1) is 0 Å². The van der Waals surface area contributed by atoms with Gasteiger partial charge in [-0.3, -0.25) is 4.79 Å². The molecule has 144 valence electrons. The Kier molecular flexibility index (Phi) is 6.29. The number of carbonyl (C=O) groups excluding carboxylic acids is 1. The molecule has 1 saturated heterocycles. The van der Waals surface area contributed by atoms with Gasteiger partial charge in [-0.05, 0) is 36.2 Å². The number of para-hydroxylation sites is 1. The number of ether oxygens (including phenoxy) is 1. The molecule has 27 heavy (non-hydrogen) atoms. The Balaban J connectivity index is 1.76. The first kappa shape index (κ1) is 20.0. The van der Waals surface area contributed by atoms with E-state index in [1.165, 1.54) is 0 Å². The maximum absolute atomic E-state index is 12.8. The van der Waals surface area contributed by atoms with Crippen LogP contribution in [0.25, 0.3) is 0 Å². The van der Waals surface area contributed by atoms with Crippen LogP contribution in [0.2, 0.25) is 10.0 Å². The predicted octanol–water partition coefficient (Wildman–Crippen LogP) is 3.59. The Morgan fingerprint density at radius 3 is 2.59 bits per heavy atom. The summed E-state index contributed by atoms with van der Waals surface area (Å²) in [5.74, 6) is 0.166. The summed E-state index contributed by atoms with van der Waals surface area (Å²) in [6.07, 6.45) is 0.417. The summed E-state index contributed by atoms with van der Waals surface area (Å²) in [6, 6.07) is 13.7. The molecule has 0 spiro atoms. The molecule has 0 N–H and O–H groups in total. The van der Waals surface area contributed by atoms with Crippen molar-refractivity contribution in [3.63, 3.8) is 0 Å². The van der Waals surface area contributed by atoms with Gasteiger partial charge in [0.05, 0.1) is 16.5 Å². The van der Waals surface area contributed by atoms with E-state index in [1.807, 2.05) is 6.07 Å². The average Bonchev–Trinajstić information content (AvgIpc) is 2.98. The second kappa shape index (κ2) is 8.50. The standard InChI is InChI=1S/C19H19Cl2NO4S/c20-15-5-3-4-14(10-15)11-22(16-8-9-27(24,25)13-16)19(23)12-26-18-7-2-1-6-17(18)21/h1-7,10,16H,8-9,11-13H2. The second-order valence-corrected chi connectivity index (χ2v) is 9.50. The van der Waals surface area contributed by atoms with Gasteiger partial charge in [0.2, 0.25) is 0 Å².